The van der Waals surface area contributed by atoms with Crippen LogP contribution in [-0.4, -0.2) is 23.3 Å². The summed E-state index contributed by atoms with van der Waals surface area (Å²) in [6.07, 6.45) is 12.4. The van der Waals surface area contributed by atoms with Crippen molar-refractivity contribution >= 4 is 5.97 Å². The maximum absolute atomic E-state index is 11.4. The molecule has 3 fully saturated rings. The van der Waals surface area contributed by atoms with Gasteiger partial charge in [-0.15, -0.1) is 0 Å². The lowest BCUT2D eigenvalue weighted by Crippen LogP contribution is -2.47. The highest BCUT2D eigenvalue weighted by atomic mass is 16.5. The van der Waals surface area contributed by atoms with Crippen molar-refractivity contribution in [2.45, 2.75) is 84.8 Å². The number of carbonyl (C=O) groups excluding carboxylic acids is 1. The molecule has 0 aromatic heterocycles. The molecule has 3 nitrogen and oxygen atoms in total. The van der Waals surface area contributed by atoms with Gasteiger partial charge in [-0.2, -0.15) is 0 Å². The number of fused-ring (bicyclic) bond motifs is 5. The van der Waals surface area contributed by atoms with Crippen molar-refractivity contribution in [1.82, 2.24) is 0 Å². The summed E-state index contributed by atoms with van der Waals surface area (Å²) < 4.78 is 5.52. The van der Waals surface area contributed by atoms with Crippen molar-refractivity contribution < 1.29 is 14.6 Å². The minimum absolute atomic E-state index is 0.0572. The smallest absolute Gasteiger partial charge is 0.302 e. The van der Waals surface area contributed by atoms with E-state index in [2.05, 4.69) is 26.0 Å². The minimum atomic E-state index is -0.202. The molecule has 26 heavy (non-hydrogen) atoms. The Kier molecular flexibility index (Phi) is 4.38. The van der Waals surface area contributed by atoms with Crippen molar-refractivity contribution in [2.75, 3.05) is 0 Å². The summed E-state index contributed by atoms with van der Waals surface area (Å²) in [6.45, 7) is 8.37. The number of hydrogen-bond acceptors (Lipinski definition) is 3. The summed E-state index contributed by atoms with van der Waals surface area (Å²) >= 11 is 0. The Bertz CT molecular complexity index is 660. The second-order valence-corrected chi connectivity index (χ2v) is 9.82. The molecule has 144 valence electrons. The van der Waals surface area contributed by atoms with Gasteiger partial charge < -0.3 is 9.84 Å². The number of ether oxygens (including phenoxy) is 1. The molecule has 0 amide bonds. The fourth-order valence-electron chi connectivity index (χ4n) is 7.14. The molecule has 0 bridgehead atoms. The summed E-state index contributed by atoms with van der Waals surface area (Å²) in [4.78, 5) is 11.4. The van der Waals surface area contributed by atoms with E-state index in [4.69, 9.17) is 4.74 Å². The zero-order chi connectivity index (χ0) is 18.7. The van der Waals surface area contributed by atoms with E-state index < -0.39 is 0 Å². The Morgan fingerprint density at radius 1 is 1.15 bits per heavy atom. The normalized spacial score (nSPS) is 45.6. The number of aliphatic hydroxyl groups is 1. The van der Waals surface area contributed by atoms with Gasteiger partial charge in [0.05, 0.1) is 6.10 Å². The third-order valence-corrected chi connectivity index (χ3v) is 8.51. The molecule has 0 aromatic rings. The third-order valence-electron chi connectivity index (χ3n) is 8.51. The quantitative estimate of drug-likeness (QED) is 0.721. The van der Waals surface area contributed by atoms with Crippen LogP contribution in [-0.2, 0) is 9.53 Å². The highest BCUT2D eigenvalue weighted by molar-refractivity contribution is 5.66. The van der Waals surface area contributed by atoms with Crippen LogP contribution < -0.4 is 0 Å². The van der Waals surface area contributed by atoms with Gasteiger partial charge in [0.25, 0.3) is 0 Å². The molecule has 0 saturated heterocycles. The topological polar surface area (TPSA) is 46.5 Å². The molecule has 0 aromatic carbocycles. The SMILES string of the molecule is CC(=O)O[C@H]1CC[C@@]2(C)C(=CC=C3[C@@H]4CC[C@H]([C@@H](C)O)[C@@]4(C)CC[C@@H]32)C1. The van der Waals surface area contributed by atoms with Gasteiger partial charge in [0.2, 0.25) is 0 Å². The fraction of sp³-hybridized carbons (Fsp3) is 0.783. The maximum atomic E-state index is 11.4. The average molecular weight is 359 g/mol. The van der Waals surface area contributed by atoms with Gasteiger partial charge in [0.1, 0.15) is 6.10 Å². The van der Waals surface area contributed by atoms with Crippen LogP contribution in [0.4, 0.5) is 0 Å². The van der Waals surface area contributed by atoms with Crippen molar-refractivity contribution in [3.63, 3.8) is 0 Å². The van der Waals surface area contributed by atoms with Crippen LogP contribution >= 0.6 is 0 Å². The highest BCUT2D eigenvalue weighted by Crippen LogP contribution is 2.65. The zero-order valence-electron chi connectivity index (χ0n) is 16.8. The molecular weight excluding hydrogens is 324 g/mol. The van der Waals surface area contributed by atoms with Crippen molar-refractivity contribution in [1.29, 1.82) is 0 Å². The highest BCUT2D eigenvalue weighted by Gasteiger charge is 2.57. The third kappa shape index (κ3) is 2.61. The number of esters is 1. The zero-order valence-corrected chi connectivity index (χ0v) is 16.8. The fourth-order valence-corrected chi connectivity index (χ4v) is 7.14. The van der Waals surface area contributed by atoms with Crippen LogP contribution in [0.3, 0.4) is 0 Å². The maximum Gasteiger partial charge on any atom is 0.302 e. The molecule has 7 atom stereocenters. The monoisotopic (exact) mass is 358 g/mol. The Morgan fingerprint density at radius 3 is 2.62 bits per heavy atom. The Morgan fingerprint density at radius 2 is 1.92 bits per heavy atom. The van der Waals surface area contributed by atoms with E-state index in [1.165, 1.54) is 31.8 Å². The lowest BCUT2D eigenvalue weighted by atomic mass is 9.50. The number of carbonyl (C=O) groups is 1. The van der Waals surface area contributed by atoms with E-state index in [-0.39, 0.29) is 29.0 Å². The number of rotatable bonds is 2. The molecule has 3 heteroatoms. The summed E-state index contributed by atoms with van der Waals surface area (Å²) in [5, 5.41) is 10.3. The molecule has 0 spiro atoms. The Hall–Kier alpha value is -1.09. The van der Waals surface area contributed by atoms with Crippen LogP contribution in [0.25, 0.3) is 0 Å². The van der Waals surface area contributed by atoms with E-state index in [1.807, 2.05) is 6.92 Å². The first kappa shape index (κ1) is 18.3. The summed E-state index contributed by atoms with van der Waals surface area (Å²) in [5.74, 6) is 1.54. The van der Waals surface area contributed by atoms with Crippen LogP contribution in [0.15, 0.2) is 23.3 Å². The standard InChI is InChI=1S/C23H34O3/c1-14(24)19-7-8-20-18-6-5-16-13-17(26-15(2)25)9-11-22(16,3)21(18)10-12-23(19,20)4/h5-6,14,17,19-21,24H,7-13H2,1-4H3/t14-,17+,19-,20+,21+,22+,23-/m1/s1. The Labute approximate surface area is 157 Å². The minimum Gasteiger partial charge on any atom is -0.462 e. The second-order valence-electron chi connectivity index (χ2n) is 9.82. The largest absolute Gasteiger partial charge is 0.462 e. The lowest BCUT2D eigenvalue weighted by Gasteiger charge is -2.55. The first-order valence-electron chi connectivity index (χ1n) is 10.5. The summed E-state index contributed by atoms with van der Waals surface area (Å²) in [6, 6.07) is 0. The van der Waals surface area contributed by atoms with Gasteiger partial charge in [0, 0.05) is 13.3 Å². The van der Waals surface area contributed by atoms with Crippen molar-refractivity contribution in [2.24, 2.45) is 28.6 Å². The van der Waals surface area contributed by atoms with Crippen LogP contribution in [0.1, 0.15) is 72.6 Å². The van der Waals surface area contributed by atoms with Gasteiger partial charge in [-0.1, -0.05) is 37.1 Å². The van der Waals surface area contributed by atoms with Crippen LogP contribution in [0.2, 0.25) is 0 Å². The second kappa shape index (κ2) is 6.22. The molecule has 3 saturated carbocycles. The van der Waals surface area contributed by atoms with E-state index in [1.54, 1.807) is 5.57 Å². The van der Waals surface area contributed by atoms with E-state index in [9.17, 15) is 9.90 Å². The molecule has 0 unspecified atom stereocenters. The van der Waals surface area contributed by atoms with Gasteiger partial charge in [-0.25, -0.2) is 0 Å². The molecule has 0 radical (unpaired) electrons. The van der Waals surface area contributed by atoms with Gasteiger partial charge in [0.15, 0.2) is 0 Å². The van der Waals surface area contributed by atoms with Gasteiger partial charge in [-0.3, -0.25) is 4.79 Å². The molecule has 0 heterocycles. The van der Waals surface area contributed by atoms with E-state index in [0.29, 0.717) is 17.8 Å². The first-order valence-corrected chi connectivity index (χ1v) is 10.5. The molecule has 4 rings (SSSR count). The Balaban J connectivity index is 1.63. The molecule has 1 N–H and O–H groups in total. The van der Waals surface area contributed by atoms with E-state index in [0.717, 1.165) is 25.7 Å². The van der Waals surface area contributed by atoms with Crippen molar-refractivity contribution in [3.05, 3.63) is 23.3 Å². The van der Waals surface area contributed by atoms with Crippen LogP contribution in [0, 0.1) is 28.6 Å². The lowest BCUT2D eigenvalue weighted by molar-refractivity contribution is -0.148. The van der Waals surface area contributed by atoms with Gasteiger partial charge in [-0.05, 0) is 74.0 Å². The summed E-state index contributed by atoms with van der Waals surface area (Å²) in [7, 11) is 0. The number of aliphatic hydroxyl groups excluding tert-OH is 1. The molecule has 0 aliphatic heterocycles. The predicted octanol–water partition coefficient (Wildman–Crippen LogP) is 4.80. The first-order chi connectivity index (χ1) is 12.3. The summed E-state index contributed by atoms with van der Waals surface area (Å²) in [5.41, 5.74) is 3.62. The molecular formula is C23H34O3. The molecule has 4 aliphatic rings. The number of allylic oxidation sites excluding steroid dienone is 3. The number of hydrogen-bond donors (Lipinski definition) is 1. The predicted molar refractivity (Wildman–Crippen MR) is 102 cm³/mol. The van der Waals surface area contributed by atoms with Crippen LogP contribution in [0.5, 0.6) is 0 Å². The molecule has 4 aliphatic carbocycles. The van der Waals surface area contributed by atoms with Crippen molar-refractivity contribution in [3.8, 4) is 0 Å². The van der Waals surface area contributed by atoms with Gasteiger partial charge >= 0.3 is 5.97 Å². The average Bonchev–Trinajstić information content (AvgIpc) is 2.92. The van der Waals surface area contributed by atoms with E-state index >= 15 is 0 Å².